The van der Waals surface area contributed by atoms with E-state index in [2.05, 4.69) is 26.0 Å². The monoisotopic (exact) mass is 236 g/mol. The lowest BCUT2D eigenvalue weighted by molar-refractivity contribution is -0.256. The highest BCUT2D eigenvalue weighted by molar-refractivity contribution is 5.29. The lowest BCUT2D eigenvalue weighted by atomic mass is 9.92. The first-order chi connectivity index (χ1) is 8.11. The summed E-state index contributed by atoms with van der Waals surface area (Å²) < 4.78 is 16.7. The van der Waals surface area contributed by atoms with Crippen LogP contribution in [0.15, 0.2) is 24.3 Å². The SMILES string of the molecule is COc1ccc([C@@H]2O[C@H](C)O[C@H](C)[C@H]2C)cc1. The predicted molar refractivity (Wildman–Crippen MR) is 66.0 cm³/mol. The van der Waals surface area contributed by atoms with Crippen LogP contribution in [0.5, 0.6) is 5.75 Å². The highest BCUT2D eigenvalue weighted by Crippen LogP contribution is 2.36. The van der Waals surface area contributed by atoms with Crippen molar-refractivity contribution in [1.29, 1.82) is 0 Å². The van der Waals surface area contributed by atoms with Gasteiger partial charge in [0, 0.05) is 5.92 Å². The van der Waals surface area contributed by atoms with Gasteiger partial charge in [0.1, 0.15) is 5.75 Å². The number of methoxy groups -OCH3 is 1. The fourth-order valence-corrected chi connectivity index (χ4v) is 2.21. The number of hydrogen-bond acceptors (Lipinski definition) is 3. The number of benzene rings is 1. The van der Waals surface area contributed by atoms with Crippen LogP contribution in [0.4, 0.5) is 0 Å². The van der Waals surface area contributed by atoms with Crippen LogP contribution in [0.25, 0.3) is 0 Å². The van der Waals surface area contributed by atoms with E-state index in [4.69, 9.17) is 14.2 Å². The van der Waals surface area contributed by atoms with Crippen molar-refractivity contribution in [1.82, 2.24) is 0 Å². The van der Waals surface area contributed by atoms with Gasteiger partial charge in [-0.2, -0.15) is 0 Å². The van der Waals surface area contributed by atoms with Crippen molar-refractivity contribution in [2.75, 3.05) is 7.11 Å². The molecule has 1 aliphatic rings. The Morgan fingerprint density at radius 1 is 1.00 bits per heavy atom. The van der Waals surface area contributed by atoms with Gasteiger partial charge in [-0.1, -0.05) is 19.1 Å². The van der Waals surface area contributed by atoms with Gasteiger partial charge in [-0.05, 0) is 31.5 Å². The molecule has 1 heterocycles. The van der Waals surface area contributed by atoms with Crippen molar-refractivity contribution >= 4 is 0 Å². The first-order valence-electron chi connectivity index (χ1n) is 6.06. The third-order valence-corrected chi connectivity index (χ3v) is 3.41. The summed E-state index contributed by atoms with van der Waals surface area (Å²) in [5.74, 6) is 1.22. The van der Waals surface area contributed by atoms with Crippen molar-refractivity contribution in [2.24, 2.45) is 5.92 Å². The van der Waals surface area contributed by atoms with Crippen LogP contribution in [-0.2, 0) is 9.47 Å². The van der Waals surface area contributed by atoms with Crippen molar-refractivity contribution in [3.63, 3.8) is 0 Å². The second-order valence-electron chi connectivity index (χ2n) is 4.60. The summed E-state index contributed by atoms with van der Waals surface area (Å²) in [5.41, 5.74) is 1.18. The van der Waals surface area contributed by atoms with Crippen LogP contribution in [0, 0.1) is 5.92 Å². The molecule has 0 radical (unpaired) electrons. The molecule has 0 N–H and O–H groups in total. The summed E-state index contributed by atoms with van der Waals surface area (Å²) in [7, 11) is 1.67. The van der Waals surface area contributed by atoms with E-state index < -0.39 is 0 Å². The summed E-state index contributed by atoms with van der Waals surface area (Å²) in [6.45, 7) is 6.20. The molecule has 0 bridgehead atoms. The molecule has 1 aromatic rings. The third kappa shape index (κ3) is 2.61. The Hall–Kier alpha value is -1.06. The van der Waals surface area contributed by atoms with Crippen molar-refractivity contribution in [3.05, 3.63) is 29.8 Å². The molecule has 17 heavy (non-hydrogen) atoms. The molecule has 0 saturated carbocycles. The second-order valence-corrected chi connectivity index (χ2v) is 4.60. The van der Waals surface area contributed by atoms with E-state index in [-0.39, 0.29) is 18.5 Å². The van der Waals surface area contributed by atoms with E-state index in [1.54, 1.807) is 7.11 Å². The minimum absolute atomic E-state index is 0.0969. The maximum absolute atomic E-state index is 5.87. The van der Waals surface area contributed by atoms with E-state index in [1.807, 2.05) is 19.1 Å². The number of ether oxygens (including phenoxy) is 3. The fourth-order valence-electron chi connectivity index (χ4n) is 2.21. The van der Waals surface area contributed by atoms with Crippen LogP contribution < -0.4 is 4.74 Å². The van der Waals surface area contributed by atoms with Gasteiger partial charge in [0.15, 0.2) is 6.29 Å². The van der Waals surface area contributed by atoms with Crippen LogP contribution in [0.2, 0.25) is 0 Å². The van der Waals surface area contributed by atoms with E-state index in [0.29, 0.717) is 5.92 Å². The van der Waals surface area contributed by atoms with Crippen molar-refractivity contribution in [3.8, 4) is 5.75 Å². The topological polar surface area (TPSA) is 27.7 Å². The smallest absolute Gasteiger partial charge is 0.156 e. The van der Waals surface area contributed by atoms with E-state index in [0.717, 1.165) is 5.75 Å². The molecule has 0 aromatic heterocycles. The molecular formula is C14H20O3. The number of rotatable bonds is 2. The Kier molecular flexibility index (Phi) is 3.69. The maximum atomic E-state index is 5.87. The summed E-state index contributed by atoms with van der Waals surface area (Å²) in [6.07, 6.45) is 0.166. The molecule has 1 aliphatic heterocycles. The molecule has 94 valence electrons. The maximum Gasteiger partial charge on any atom is 0.156 e. The van der Waals surface area contributed by atoms with Crippen molar-refractivity contribution < 1.29 is 14.2 Å². The van der Waals surface area contributed by atoms with Crippen LogP contribution >= 0.6 is 0 Å². The molecular weight excluding hydrogens is 216 g/mol. The van der Waals surface area contributed by atoms with Crippen molar-refractivity contribution in [2.45, 2.75) is 39.3 Å². The molecule has 3 heteroatoms. The van der Waals surface area contributed by atoms with Gasteiger partial charge in [0.25, 0.3) is 0 Å². The molecule has 1 fully saturated rings. The Labute approximate surface area is 103 Å². The van der Waals surface area contributed by atoms with E-state index >= 15 is 0 Å². The molecule has 0 unspecified atom stereocenters. The van der Waals surface area contributed by atoms with Gasteiger partial charge in [0.05, 0.1) is 19.3 Å². The molecule has 4 atom stereocenters. The Balaban J connectivity index is 2.19. The fraction of sp³-hybridized carbons (Fsp3) is 0.571. The lowest BCUT2D eigenvalue weighted by Gasteiger charge is -2.38. The zero-order chi connectivity index (χ0) is 12.4. The summed E-state index contributed by atoms with van der Waals surface area (Å²) >= 11 is 0. The molecule has 1 saturated heterocycles. The Bertz CT molecular complexity index is 360. The average molecular weight is 236 g/mol. The lowest BCUT2D eigenvalue weighted by Crippen LogP contribution is -2.37. The predicted octanol–water partition coefficient (Wildman–Crippen LogP) is 3.15. The Morgan fingerprint density at radius 2 is 1.65 bits per heavy atom. The van der Waals surface area contributed by atoms with E-state index in [9.17, 15) is 0 Å². The first kappa shape index (κ1) is 12.4. The van der Waals surface area contributed by atoms with Gasteiger partial charge in [-0.3, -0.25) is 0 Å². The average Bonchev–Trinajstić information content (AvgIpc) is 2.34. The largest absolute Gasteiger partial charge is 0.497 e. The summed E-state index contributed by atoms with van der Waals surface area (Å²) in [4.78, 5) is 0. The molecule has 0 spiro atoms. The minimum Gasteiger partial charge on any atom is -0.497 e. The second kappa shape index (κ2) is 5.07. The van der Waals surface area contributed by atoms with Crippen LogP contribution in [0.1, 0.15) is 32.4 Å². The number of hydrogen-bond donors (Lipinski definition) is 0. The van der Waals surface area contributed by atoms with Gasteiger partial charge >= 0.3 is 0 Å². The van der Waals surface area contributed by atoms with Crippen LogP contribution in [-0.4, -0.2) is 19.5 Å². The van der Waals surface area contributed by atoms with Gasteiger partial charge < -0.3 is 14.2 Å². The zero-order valence-electron chi connectivity index (χ0n) is 10.8. The molecule has 0 amide bonds. The Morgan fingerprint density at radius 3 is 2.24 bits per heavy atom. The molecule has 3 nitrogen and oxygen atoms in total. The molecule has 1 aromatic carbocycles. The molecule has 0 aliphatic carbocycles. The quantitative estimate of drug-likeness (QED) is 0.789. The highest BCUT2D eigenvalue weighted by Gasteiger charge is 2.33. The van der Waals surface area contributed by atoms with Gasteiger partial charge in [-0.25, -0.2) is 0 Å². The minimum atomic E-state index is -0.145. The summed E-state index contributed by atoms with van der Waals surface area (Å²) in [6, 6.07) is 8.06. The van der Waals surface area contributed by atoms with Gasteiger partial charge in [0.2, 0.25) is 0 Å². The normalized spacial score (nSPS) is 33.4. The third-order valence-electron chi connectivity index (χ3n) is 3.41. The van der Waals surface area contributed by atoms with Gasteiger partial charge in [-0.15, -0.1) is 0 Å². The van der Waals surface area contributed by atoms with E-state index in [1.165, 1.54) is 5.56 Å². The summed E-state index contributed by atoms with van der Waals surface area (Å²) in [5, 5.41) is 0. The first-order valence-corrected chi connectivity index (χ1v) is 6.06. The highest BCUT2D eigenvalue weighted by atomic mass is 16.7. The molecule has 2 rings (SSSR count). The standard InChI is InChI=1S/C14H20O3/c1-9-10(2)16-11(3)17-14(9)12-5-7-13(15-4)8-6-12/h5-11,14H,1-4H3/t9-,10-,11-,14-/m1/s1. The zero-order valence-corrected chi connectivity index (χ0v) is 10.8. The van der Waals surface area contributed by atoms with Crippen LogP contribution in [0.3, 0.4) is 0 Å².